The minimum absolute atomic E-state index is 0.0119. The fraction of sp³-hybridized carbons (Fsp3) is 0.792. The number of fused-ring (bicyclic) bond motifs is 6. The molecule has 0 unspecified atom stereocenters. The van der Waals surface area contributed by atoms with Crippen molar-refractivity contribution in [1.82, 2.24) is 0 Å². The summed E-state index contributed by atoms with van der Waals surface area (Å²) in [6, 6.07) is 0. The highest BCUT2D eigenvalue weighted by Crippen LogP contribution is 2.70. The molecule has 7 atom stereocenters. The number of rotatable bonds is 1. The lowest BCUT2D eigenvalue weighted by molar-refractivity contribution is -0.167. The summed E-state index contributed by atoms with van der Waals surface area (Å²) in [5, 5.41) is 0.409. The molecule has 1 spiro atoms. The summed E-state index contributed by atoms with van der Waals surface area (Å²) < 4.78 is 6.06. The highest BCUT2D eigenvalue weighted by molar-refractivity contribution is 8.14. The van der Waals surface area contributed by atoms with Gasteiger partial charge in [0, 0.05) is 30.4 Å². The van der Waals surface area contributed by atoms with Gasteiger partial charge in [-0.3, -0.25) is 14.4 Å². The zero-order valence-electron chi connectivity index (χ0n) is 17.8. The highest BCUT2D eigenvalue weighted by Gasteiger charge is 2.68. The Labute approximate surface area is 177 Å². The number of hydrogen-bond donors (Lipinski definition) is 0. The topological polar surface area (TPSA) is 60.4 Å². The number of hydrogen-bond acceptors (Lipinski definition) is 5. The van der Waals surface area contributed by atoms with Gasteiger partial charge >= 0.3 is 5.97 Å². The van der Waals surface area contributed by atoms with Crippen LogP contribution in [-0.2, 0) is 19.1 Å². The van der Waals surface area contributed by atoms with Crippen LogP contribution in [0.15, 0.2) is 11.6 Å². The Morgan fingerprint density at radius 1 is 1.07 bits per heavy atom. The van der Waals surface area contributed by atoms with Gasteiger partial charge in [-0.25, -0.2) is 0 Å². The number of allylic oxidation sites excluding steroid dienone is 1. The van der Waals surface area contributed by atoms with Gasteiger partial charge in [0.15, 0.2) is 10.9 Å². The Kier molecular flexibility index (Phi) is 4.41. The van der Waals surface area contributed by atoms with E-state index in [1.54, 1.807) is 6.92 Å². The van der Waals surface area contributed by atoms with E-state index in [4.69, 9.17) is 4.74 Å². The summed E-state index contributed by atoms with van der Waals surface area (Å²) in [6.07, 6.45) is 10.0. The molecule has 0 bridgehead atoms. The van der Waals surface area contributed by atoms with Crippen molar-refractivity contribution in [2.75, 3.05) is 0 Å². The molecule has 5 heteroatoms. The van der Waals surface area contributed by atoms with E-state index in [0.717, 1.165) is 44.9 Å². The van der Waals surface area contributed by atoms with E-state index >= 15 is 0 Å². The summed E-state index contributed by atoms with van der Waals surface area (Å²) in [6.45, 7) is 6.42. The average molecular weight is 417 g/mol. The van der Waals surface area contributed by atoms with Crippen LogP contribution >= 0.6 is 11.8 Å². The van der Waals surface area contributed by atoms with Gasteiger partial charge < -0.3 is 4.74 Å². The Morgan fingerprint density at radius 3 is 2.52 bits per heavy atom. The zero-order chi connectivity index (χ0) is 20.6. The molecule has 0 radical (unpaired) electrons. The van der Waals surface area contributed by atoms with Gasteiger partial charge in [0.1, 0.15) is 5.60 Å². The monoisotopic (exact) mass is 416 g/mol. The van der Waals surface area contributed by atoms with Gasteiger partial charge in [-0.15, -0.1) is 0 Å². The molecule has 5 rings (SSSR count). The third kappa shape index (κ3) is 2.68. The molecule has 1 heterocycles. The predicted octanol–water partition coefficient (Wildman–Crippen LogP) is 4.85. The minimum Gasteiger partial charge on any atom is -0.458 e. The SMILES string of the molecule is CC(=O)S[C@@H]1CC2=CC(=O)CC[C@]2(C)[C@H]2CC[C@@]3(C)[C@H](CC[C@@]34CCC(=O)O4)[C@H]12. The van der Waals surface area contributed by atoms with Crippen molar-refractivity contribution in [3.63, 3.8) is 0 Å². The van der Waals surface area contributed by atoms with Gasteiger partial charge in [0.25, 0.3) is 0 Å². The lowest BCUT2D eigenvalue weighted by Crippen LogP contribution is -2.57. The van der Waals surface area contributed by atoms with Crippen LogP contribution in [0.3, 0.4) is 0 Å². The lowest BCUT2D eigenvalue weighted by Gasteiger charge is -2.61. The smallest absolute Gasteiger partial charge is 0.306 e. The Morgan fingerprint density at radius 2 is 1.83 bits per heavy atom. The zero-order valence-corrected chi connectivity index (χ0v) is 18.6. The van der Waals surface area contributed by atoms with Gasteiger partial charge in [0.2, 0.25) is 0 Å². The van der Waals surface area contributed by atoms with Crippen LogP contribution in [0.25, 0.3) is 0 Å². The van der Waals surface area contributed by atoms with Crippen LogP contribution in [0.1, 0.15) is 78.6 Å². The van der Waals surface area contributed by atoms with E-state index in [0.29, 0.717) is 30.6 Å². The first-order chi connectivity index (χ1) is 13.7. The van der Waals surface area contributed by atoms with Crippen molar-refractivity contribution >= 4 is 28.6 Å². The Balaban J connectivity index is 1.56. The average Bonchev–Trinajstić information content (AvgIpc) is 3.17. The van der Waals surface area contributed by atoms with Crippen molar-refractivity contribution in [2.24, 2.45) is 28.6 Å². The second-order valence-corrected chi connectivity index (χ2v) is 12.1. The molecule has 0 N–H and O–H groups in total. The number of esters is 1. The van der Waals surface area contributed by atoms with E-state index in [-0.39, 0.29) is 38.5 Å². The van der Waals surface area contributed by atoms with Crippen molar-refractivity contribution in [3.05, 3.63) is 11.6 Å². The molecule has 0 amide bonds. The first-order valence-corrected chi connectivity index (χ1v) is 12.2. The van der Waals surface area contributed by atoms with Crippen LogP contribution < -0.4 is 0 Å². The highest BCUT2D eigenvalue weighted by atomic mass is 32.2. The molecular weight excluding hydrogens is 384 g/mol. The van der Waals surface area contributed by atoms with Gasteiger partial charge in [-0.2, -0.15) is 0 Å². The van der Waals surface area contributed by atoms with Crippen LogP contribution in [-0.4, -0.2) is 27.7 Å². The summed E-state index contributed by atoms with van der Waals surface area (Å²) in [5.41, 5.74) is 1.09. The summed E-state index contributed by atoms with van der Waals surface area (Å²) in [7, 11) is 0. The van der Waals surface area contributed by atoms with Crippen molar-refractivity contribution < 1.29 is 19.1 Å². The normalized spacial score (nSPS) is 48.6. The van der Waals surface area contributed by atoms with Crippen LogP contribution in [0, 0.1) is 28.6 Å². The molecule has 0 aromatic heterocycles. The van der Waals surface area contributed by atoms with Crippen molar-refractivity contribution in [2.45, 2.75) is 89.4 Å². The molecule has 4 fully saturated rings. The van der Waals surface area contributed by atoms with E-state index in [1.165, 1.54) is 17.3 Å². The van der Waals surface area contributed by atoms with Gasteiger partial charge in [-0.05, 0) is 74.2 Å². The van der Waals surface area contributed by atoms with Crippen LogP contribution in [0.2, 0.25) is 0 Å². The fourth-order valence-corrected chi connectivity index (χ4v) is 9.36. The predicted molar refractivity (Wildman–Crippen MR) is 112 cm³/mol. The molecule has 3 saturated carbocycles. The van der Waals surface area contributed by atoms with Gasteiger partial charge in [-0.1, -0.05) is 31.2 Å². The number of carbonyl (C=O) groups is 3. The van der Waals surface area contributed by atoms with E-state index < -0.39 is 0 Å². The van der Waals surface area contributed by atoms with E-state index in [1.807, 2.05) is 6.08 Å². The maximum Gasteiger partial charge on any atom is 0.306 e. The minimum atomic E-state index is -0.287. The van der Waals surface area contributed by atoms with Gasteiger partial charge in [0.05, 0.1) is 0 Å². The second-order valence-electron chi connectivity index (χ2n) is 10.7. The Hall–Kier alpha value is -1.10. The van der Waals surface area contributed by atoms with E-state index in [2.05, 4.69) is 13.8 Å². The standard InChI is InChI=1S/C24H32O4S/c1-14(25)29-19-13-15-12-16(26)4-8-22(15,2)17-5-9-23(3)18(21(17)19)6-10-24(23)11-7-20(27)28-24/h12,17-19,21H,4-11,13H2,1-3H3/t17-,18+,19+,21+,22-,23-,24+/m0/s1. The van der Waals surface area contributed by atoms with Crippen LogP contribution in [0.4, 0.5) is 0 Å². The molecule has 4 nitrogen and oxygen atoms in total. The summed E-state index contributed by atoms with van der Waals surface area (Å²) in [5.74, 6) is 1.67. The molecule has 158 valence electrons. The number of ether oxygens (including phenoxy) is 1. The Bertz CT molecular complexity index is 818. The quantitative estimate of drug-likeness (QED) is 0.572. The molecule has 1 aliphatic heterocycles. The first-order valence-electron chi connectivity index (χ1n) is 11.3. The molecule has 0 aromatic rings. The maximum atomic E-state index is 12.2. The largest absolute Gasteiger partial charge is 0.458 e. The van der Waals surface area contributed by atoms with Crippen LogP contribution in [0.5, 0.6) is 0 Å². The fourth-order valence-electron chi connectivity index (χ4n) is 8.13. The number of carbonyl (C=O) groups excluding carboxylic acids is 3. The summed E-state index contributed by atoms with van der Waals surface area (Å²) in [4.78, 5) is 36.4. The number of ketones is 1. The third-order valence-corrected chi connectivity index (χ3v) is 10.7. The van der Waals surface area contributed by atoms with Crippen molar-refractivity contribution in [1.29, 1.82) is 0 Å². The molecule has 4 aliphatic carbocycles. The maximum absolute atomic E-state index is 12.2. The molecule has 29 heavy (non-hydrogen) atoms. The molecule has 0 aromatic carbocycles. The number of thioether (sulfide) groups is 1. The van der Waals surface area contributed by atoms with Crippen molar-refractivity contribution in [3.8, 4) is 0 Å². The lowest BCUT2D eigenvalue weighted by atomic mass is 9.46. The van der Waals surface area contributed by atoms with E-state index in [9.17, 15) is 14.4 Å². The first kappa shape index (κ1) is 19.8. The third-order valence-electron chi connectivity index (χ3n) is 9.61. The summed E-state index contributed by atoms with van der Waals surface area (Å²) >= 11 is 1.50. The second kappa shape index (κ2) is 6.45. The molecular formula is C24H32O4S. The molecule has 5 aliphatic rings. The molecule has 1 saturated heterocycles.